The molecule has 20 heavy (non-hydrogen) atoms. The van der Waals surface area contributed by atoms with Crippen molar-refractivity contribution in [3.63, 3.8) is 0 Å². The quantitative estimate of drug-likeness (QED) is 0.385. The predicted molar refractivity (Wildman–Crippen MR) is 81.8 cm³/mol. The molecule has 1 unspecified atom stereocenters. The second-order valence-corrected chi connectivity index (χ2v) is 4.67. The maximum absolute atomic E-state index is 6.07. The standard InChI is InChI=1S/C16H16N4/c17-15-7-2-1-5-13(15)16(20-18)12-6-3-4-11-8-9-19-10-14(11)12/h1-10,16,20H,17-18H2. The van der Waals surface area contributed by atoms with Crippen molar-refractivity contribution in [3.8, 4) is 0 Å². The lowest BCUT2D eigenvalue weighted by molar-refractivity contribution is 0.642. The molecule has 0 bridgehead atoms. The van der Waals surface area contributed by atoms with Crippen LogP contribution in [0.4, 0.5) is 5.69 Å². The Hall–Kier alpha value is -2.43. The van der Waals surface area contributed by atoms with Crippen LogP contribution in [-0.2, 0) is 0 Å². The number of hydrogen-bond acceptors (Lipinski definition) is 4. The molecule has 3 aromatic rings. The van der Waals surface area contributed by atoms with Gasteiger partial charge in [0.15, 0.2) is 0 Å². The van der Waals surface area contributed by atoms with E-state index in [1.807, 2.05) is 48.7 Å². The van der Waals surface area contributed by atoms with E-state index in [-0.39, 0.29) is 6.04 Å². The zero-order valence-electron chi connectivity index (χ0n) is 11.0. The summed E-state index contributed by atoms with van der Waals surface area (Å²) in [6.07, 6.45) is 3.64. The van der Waals surface area contributed by atoms with Crippen LogP contribution < -0.4 is 17.0 Å². The van der Waals surface area contributed by atoms with Gasteiger partial charge in [-0.05, 0) is 28.6 Å². The lowest BCUT2D eigenvalue weighted by atomic mass is 9.94. The summed E-state index contributed by atoms with van der Waals surface area (Å²) in [5, 5.41) is 2.20. The molecule has 1 atom stereocenters. The summed E-state index contributed by atoms with van der Waals surface area (Å²) >= 11 is 0. The number of nitrogens with two attached hydrogens (primary N) is 2. The van der Waals surface area contributed by atoms with E-state index in [9.17, 15) is 0 Å². The van der Waals surface area contributed by atoms with Crippen molar-refractivity contribution in [2.24, 2.45) is 5.84 Å². The van der Waals surface area contributed by atoms with Gasteiger partial charge < -0.3 is 5.73 Å². The molecule has 0 saturated heterocycles. The monoisotopic (exact) mass is 264 g/mol. The van der Waals surface area contributed by atoms with Crippen LogP contribution in [0.2, 0.25) is 0 Å². The van der Waals surface area contributed by atoms with Gasteiger partial charge in [-0.1, -0.05) is 36.4 Å². The van der Waals surface area contributed by atoms with Crippen molar-refractivity contribution < 1.29 is 0 Å². The molecule has 100 valence electrons. The van der Waals surface area contributed by atoms with Gasteiger partial charge in [-0.15, -0.1) is 0 Å². The summed E-state index contributed by atoms with van der Waals surface area (Å²) in [7, 11) is 0. The minimum absolute atomic E-state index is 0.163. The van der Waals surface area contributed by atoms with Gasteiger partial charge in [0.2, 0.25) is 0 Å². The van der Waals surface area contributed by atoms with Crippen LogP contribution in [0.5, 0.6) is 0 Å². The third-order valence-corrected chi connectivity index (χ3v) is 3.50. The fraction of sp³-hybridized carbons (Fsp3) is 0.0625. The molecule has 5 N–H and O–H groups in total. The molecule has 0 amide bonds. The van der Waals surface area contributed by atoms with E-state index >= 15 is 0 Å². The third-order valence-electron chi connectivity index (χ3n) is 3.50. The smallest absolute Gasteiger partial charge is 0.0736 e. The molecule has 4 heteroatoms. The molecular formula is C16H16N4. The lowest BCUT2D eigenvalue weighted by Crippen LogP contribution is -2.29. The molecule has 0 aliphatic rings. The number of para-hydroxylation sites is 1. The second kappa shape index (κ2) is 5.28. The van der Waals surface area contributed by atoms with Crippen molar-refractivity contribution in [2.45, 2.75) is 6.04 Å². The zero-order chi connectivity index (χ0) is 13.9. The Morgan fingerprint density at radius 2 is 1.75 bits per heavy atom. The second-order valence-electron chi connectivity index (χ2n) is 4.67. The molecule has 3 rings (SSSR count). The van der Waals surface area contributed by atoms with Crippen molar-refractivity contribution in [3.05, 3.63) is 72.1 Å². The topological polar surface area (TPSA) is 77.0 Å². The van der Waals surface area contributed by atoms with Gasteiger partial charge in [0, 0.05) is 23.5 Å². The van der Waals surface area contributed by atoms with E-state index in [2.05, 4.69) is 16.5 Å². The van der Waals surface area contributed by atoms with Gasteiger partial charge in [-0.2, -0.15) is 0 Å². The molecule has 4 nitrogen and oxygen atoms in total. The summed E-state index contributed by atoms with van der Waals surface area (Å²) in [4.78, 5) is 4.21. The molecule has 0 saturated carbocycles. The van der Waals surface area contributed by atoms with Gasteiger partial charge in [-0.3, -0.25) is 10.8 Å². The van der Waals surface area contributed by atoms with Gasteiger partial charge in [0.25, 0.3) is 0 Å². The maximum Gasteiger partial charge on any atom is 0.0736 e. The highest BCUT2D eigenvalue weighted by Gasteiger charge is 2.17. The van der Waals surface area contributed by atoms with Gasteiger partial charge in [0.1, 0.15) is 0 Å². The first-order valence-electron chi connectivity index (χ1n) is 6.44. The van der Waals surface area contributed by atoms with E-state index in [0.717, 1.165) is 27.6 Å². The Kier molecular flexibility index (Phi) is 3.33. The number of nitrogens with one attached hydrogen (secondary N) is 1. The number of aromatic nitrogens is 1. The minimum atomic E-state index is -0.163. The minimum Gasteiger partial charge on any atom is -0.398 e. The predicted octanol–water partition coefficient (Wildman–Crippen LogP) is 2.37. The van der Waals surface area contributed by atoms with Crippen molar-refractivity contribution >= 4 is 16.5 Å². The van der Waals surface area contributed by atoms with Gasteiger partial charge in [0.05, 0.1) is 6.04 Å². The van der Waals surface area contributed by atoms with Crippen LogP contribution in [-0.4, -0.2) is 4.98 Å². The number of anilines is 1. The maximum atomic E-state index is 6.07. The summed E-state index contributed by atoms with van der Waals surface area (Å²) in [6, 6.07) is 15.7. The molecule has 2 aromatic carbocycles. The molecule has 1 heterocycles. The molecule has 0 spiro atoms. The van der Waals surface area contributed by atoms with Crippen LogP contribution in [0.15, 0.2) is 60.9 Å². The van der Waals surface area contributed by atoms with Gasteiger partial charge in [-0.25, -0.2) is 5.43 Å². The number of rotatable bonds is 3. The number of hydrazine groups is 1. The Morgan fingerprint density at radius 3 is 2.55 bits per heavy atom. The largest absolute Gasteiger partial charge is 0.398 e. The lowest BCUT2D eigenvalue weighted by Gasteiger charge is -2.20. The van der Waals surface area contributed by atoms with Crippen LogP contribution in [0.3, 0.4) is 0 Å². The van der Waals surface area contributed by atoms with E-state index in [1.54, 1.807) is 6.20 Å². The van der Waals surface area contributed by atoms with Crippen LogP contribution in [0.25, 0.3) is 10.8 Å². The molecule has 0 aliphatic carbocycles. The fourth-order valence-electron chi connectivity index (χ4n) is 2.51. The van der Waals surface area contributed by atoms with Crippen molar-refractivity contribution in [2.75, 3.05) is 5.73 Å². The Labute approximate surface area is 117 Å². The first-order valence-corrected chi connectivity index (χ1v) is 6.44. The first kappa shape index (κ1) is 12.6. The molecule has 0 fully saturated rings. The van der Waals surface area contributed by atoms with Crippen LogP contribution in [0, 0.1) is 0 Å². The zero-order valence-corrected chi connectivity index (χ0v) is 11.0. The number of fused-ring (bicyclic) bond motifs is 1. The van der Waals surface area contributed by atoms with E-state index in [0.29, 0.717) is 0 Å². The average Bonchev–Trinajstić information content (AvgIpc) is 2.50. The summed E-state index contributed by atoms with van der Waals surface area (Å²) < 4.78 is 0. The number of nitrogen functional groups attached to an aromatic ring is 1. The molecule has 0 radical (unpaired) electrons. The Morgan fingerprint density at radius 1 is 0.950 bits per heavy atom. The Bertz CT molecular complexity index is 734. The normalized spacial score (nSPS) is 12.4. The number of benzene rings is 2. The SMILES string of the molecule is NNC(c1ccccc1N)c1cccc2ccncc12. The van der Waals surface area contributed by atoms with Crippen molar-refractivity contribution in [1.29, 1.82) is 0 Å². The van der Waals surface area contributed by atoms with E-state index in [1.165, 1.54) is 0 Å². The molecular weight excluding hydrogens is 248 g/mol. The van der Waals surface area contributed by atoms with Gasteiger partial charge >= 0.3 is 0 Å². The first-order chi connectivity index (χ1) is 9.81. The van der Waals surface area contributed by atoms with Crippen LogP contribution >= 0.6 is 0 Å². The van der Waals surface area contributed by atoms with Crippen molar-refractivity contribution in [1.82, 2.24) is 10.4 Å². The molecule has 0 aliphatic heterocycles. The number of pyridine rings is 1. The van der Waals surface area contributed by atoms with Crippen LogP contribution in [0.1, 0.15) is 17.2 Å². The summed E-state index contributed by atoms with van der Waals surface area (Å²) in [5.41, 5.74) is 11.7. The molecule has 1 aromatic heterocycles. The average molecular weight is 264 g/mol. The highest BCUT2D eigenvalue weighted by atomic mass is 15.2. The fourth-order valence-corrected chi connectivity index (χ4v) is 2.51. The Balaban J connectivity index is 2.20. The third kappa shape index (κ3) is 2.11. The summed E-state index contributed by atoms with van der Waals surface area (Å²) in [5.74, 6) is 5.77. The highest BCUT2D eigenvalue weighted by molar-refractivity contribution is 5.85. The summed E-state index contributed by atoms with van der Waals surface area (Å²) in [6.45, 7) is 0. The highest BCUT2D eigenvalue weighted by Crippen LogP contribution is 2.30. The number of nitrogens with zero attached hydrogens (tertiary/aromatic N) is 1. The van der Waals surface area contributed by atoms with E-state index < -0.39 is 0 Å². The van der Waals surface area contributed by atoms with E-state index in [4.69, 9.17) is 11.6 Å². The number of hydrogen-bond donors (Lipinski definition) is 3.